The van der Waals surface area contributed by atoms with Crippen LogP contribution in [0.4, 0.5) is 0 Å². The van der Waals surface area contributed by atoms with Crippen LogP contribution in [0.15, 0.2) is 37.1 Å². The minimum atomic E-state index is -0.365. The molecule has 0 bridgehead atoms. The molecule has 1 aromatic heterocycles. The number of benzene rings is 1. The molecule has 0 spiro atoms. The van der Waals surface area contributed by atoms with Crippen molar-refractivity contribution < 1.29 is 5.11 Å². The number of aromatic nitrogens is 1. The van der Waals surface area contributed by atoms with Gasteiger partial charge in [-0.3, -0.25) is 0 Å². The van der Waals surface area contributed by atoms with Crippen LogP contribution in [0.2, 0.25) is 0 Å². The molecule has 2 nitrogen and oxygen atoms in total. The number of hydrogen-bond donors (Lipinski definition) is 2. The van der Waals surface area contributed by atoms with Gasteiger partial charge in [0.05, 0.1) is 6.10 Å². The third-order valence-corrected chi connectivity index (χ3v) is 6.63. The van der Waals surface area contributed by atoms with Gasteiger partial charge in [0.15, 0.2) is 0 Å². The Bertz CT molecular complexity index is 756. The molecule has 2 aromatic rings. The molecule has 0 amide bonds. The van der Waals surface area contributed by atoms with Crippen LogP contribution < -0.4 is 0 Å². The quantitative estimate of drug-likeness (QED) is 0.746. The van der Waals surface area contributed by atoms with Crippen molar-refractivity contribution >= 4 is 10.9 Å². The number of hydrogen-bond acceptors (Lipinski definition) is 1. The first kappa shape index (κ1) is 14.1. The number of aliphatic hydroxyl groups excluding tert-OH is 1. The largest absolute Gasteiger partial charge is 0.392 e. The minimum absolute atomic E-state index is 0.0862. The maximum Gasteiger partial charge on any atom is 0.0700 e. The van der Waals surface area contributed by atoms with Crippen molar-refractivity contribution in [3.63, 3.8) is 0 Å². The van der Waals surface area contributed by atoms with E-state index in [9.17, 15) is 5.11 Å². The van der Waals surface area contributed by atoms with Crippen molar-refractivity contribution in [2.24, 2.45) is 11.3 Å². The number of H-pyrrole nitrogens is 1. The molecule has 4 rings (SSSR count). The number of fused-ring (bicyclic) bond motifs is 2. The van der Waals surface area contributed by atoms with E-state index in [2.05, 4.69) is 56.7 Å². The summed E-state index contributed by atoms with van der Waals surface area (Å²) < 4.78 is 0. The molecule has 1 aromatic carbocycles. The molecule has 2 aliphatic rings. The SMILES string of the molecule is C=C[C@@]1(C)CC[C@@H]2[C@@H](c3c[nH]c4cccc(c34)C2(C)C)[C@@H]1O. The van der Waals surface area contributed by atoms with Gasteiger partial charge in [0.2, 0.25) is 0 Å². The van der Waals surface area contributed by atoms with Crippen LogP contribution in [-0.4, -0.2) is 16.2 Å². The summed E-state index contributed by atoms with van der Waals surface area (Å²) in [5.41, 5.74) is 3.82. The highest BCUT2D eigenvalue weighted by Crippen LogP contribution is 2.58. The monoisotopic (exact) mass is 295 g/mol. The van der Waals surface area contributed by atoms with Gasteiger partial charge >= 0.3 is 0 Å². The van der Waals surface area contributed by atoms with Gasteiger partial charge in [-0.05, 0) is 41.4 Å². The Morgan fingerprint density at radius 2 is 2.09 bits per heavy atom. The average molecular weight is 295 g/mol. The first-order valence-electron chi connectivity index (χ1n) is 8.32. The molecule has 1 heterocycles. The molecule has 1 saturated carbocycles. The molecule has 2 N–H and O–H groups in total. The van der Waals surface area contributed by atoms with E-state index in [1.54, 1.807) is 0 Å². The molecule has 0 unspecified atom stereocenters. The van der Waals surface area contributed by atoms with Gasteiger partial charge in [0.1, 0.15) is 0 Å². The number of aliphatic hydroxyl groups is 1. The van der Waals surface area contributed by atoms with E-state index in [1.165, 1.54) is 22.0 Å². The molecule has 2 heteroatoms. The van der Waals surface area contributed by atoms with Crippen molar-refractivity contribution in [3.8, 4) is 0 Å². The second-order valence-electron chi connectivity index (χ2n) is 8.02. The summed E-state index contributed by atoms with van der Waals surface area (Å²) >= 11 is 0. The Kier molecular flexibility index (Phi) is 2.73. The second kappa shape index (κ2) is 4.26. The zero-order valence-corrected chi connectivity index (χ0v) is 13.7. The summed E-state index contributed by atoms with van der Waals surface area (Å²) in [6.07, 6.45) is 5.87. The predicted molar refractivity (Wildman–Crippen MR) is 91.1 cm³/mol. The lowest BCUT2D eigenvalue weighted by atomic mass is 9.52. The Morgan fingerprint density at radius 1 is 1.32 bits per heavy atom. The lowest BCUT2D eigenvalue weighted by Crippen LogP contribution is -2.50. The van der Waals surface area contributed by atoms with E-state index in [1.807, 2.05) is 6.08 Å². The van der Waals surface area contributed by atoms with Crippen LogP contribution in [0.5, 0.6) is 0 Å². The highest BCUT2D eigenvalue weighted by atomic mass is 16.3. The molecule has 1 fully saturated rings. The van der Waals surface area contributed by atoms with Gasteiger partial charge < -0.3 is 10.1 Å². The standard InChI is InChI=1S/C20H25NO/c1-5-20(4)10-9-14-17(18(20)22)12-11-21-15-8-6-7-13(16(12)15)19(14,2)3/h5-8,11,14,17-18,21-22H,1,9-10H2,2-4H3/t14-,17-,18+,20+/m1/s1. The van der Waals surface area contributed by atoms with Crippen LogP contribution in [0.3, 0.4) is 0 Å². The van der Waals surface area contributed by atoms with Gasteiger partial charge in [0, 0.05) is 28.4 Å². The smallest absolute Gasteiger partial charge is 0.0700 e. The Hall–Kier alpha value is -1.54. The van der Waals surface area contributed by atoms with Crippen molar-refractivity contribution in [2.45, 2.75) is 51.0 Å². The molecule has 2 aliphatic carbocycles. The molecular weight excluding hydrogens is 270 g/mol. The number of rotatable bonds is 1. The normalized spacial score (nSPS) is 36.1. The second-order valence-corrected chi connectivity index (χ2v) is 8.02. The van der Waals surface area contributed by atoms with Crippen molar-refractivity contribution in [3.05, 3.63) is 48.2 Å². The van der Waals surface area contributed by atoms with Crippen molar-refractivity contribution in [1.82, 2.24) is 4.98 Å². The minimum Gasteiger partial charge on any atom is -0.392 e. The highest BCUT2D eigenvalue weighted by molar-refractivity contribution is 5.89. The van der Waals surface area contributed by atoms with E-state index in [0.29, 0.717) is 5.92 Å². The summed E-state index contributed by atoms with van der Waals surface area (Å²) in [5.74, 6) is 0.667. The molecule has 0 radical (unpaired) electrons. The third-order valence-electron chi connectivity index (χ3n) is 6.63. The summed E-state index contributed by atoms with van der Waals surface area (Å²) in [6.45, 7) is 10.8. The van der Waals surface area contributed by atoms with Gasteiger partial charge in [-0.2, -0.15) is 0 Å². The van der Waals surface area contributed by atoms with Crippen LogP contribution in [-0.2, 0) is 5.41 Å². The van der Waals surface area contributed by atoms with Crippen molar-refractivity contribution in [2.75, 3.05) is 0 Å². The number of nitrogens with one attached hydrogen (secondary N) is 1. The lowest BCUT2D eigenvalue weighted by Gasteiger charge is -2.53. The molecule has 0 saturated heterocycles. The van der Waals surface area contributed by atoms with Gasteiger partial charge in [-0.25, -0.2) is 0 Å². The van der Waals surface area contributed by atoms with Crippen LogP contribution in [0.25, 0.3) is 10.9 Å². The molecule has 0 aliphatic heterocycles. The fourth-order valence-electron chi connectivity index (χ4n) is 5.05. The molecule has 4 atom stereocenters. The van der Waals surface area contributed by atoms with E-state index in [4.69, 9.17) is 0 Å². The Morgan fingerprint density at radius 3 is 2.82 bits per heavy atom. The summed E-state index contributed by atoms with van der Waals surface area (Å²) in [7, 11) is 0. The fraction of sp³-hybridized carbons (Fsp3) is 0.500. The van der Waals surface area contributed by atoms with E-state index < -0.39 is 0 Å². The zero-order chi connectivity index (χ0) is 15.7. The lowest BCUT2D eigenvalue weighted by molar-refractivity contribution is -0.0298. The van der Waals surface area contributed by atoms with Gasteiger partial charge in [-0.1, -0.05) is 39.0 Å². The van der Waals surface area contributed by atoms with Crippen LogP contribution >= 0.6 is 0 Å². The average Bonchev–Trinajstić information content (AvgIpc) is 2.92. The van der Waals surface area contributed by atoms with E-state index in [0.717, 1.165) is 12.8 Å². The summed E-state index contributed by atoms with van der Waals surface area (Å²) in [5, 5.41) is 12.5. The van der Waals surface area contributed by atoms with Gasteiger partial charge in [0.25, 0.3) is 0 Å². The van der Waals surface area contributed by atoms with Crippen LogP contribution in [0.1, 0.15) is 50.7 Å². The van der Waals surface area contributed by atoms with Crippen molar-refractivity contribution in [1.29, 1.82) is 0 Å². The first-order chi connectivity index (χ1) is 10.4. The summed E-state index contributed by atoms with van der Waals surface area (Å²) in [6, 6.07) is 6.55. The fourth-order valence-corrected chi connectivity index (χ4v) is 5.05. The maximum atomic E-state index is 11.2. The maximum absolute atomic E-state index is 11.2. The Labute approximate surface area is 132 Å². The van der Waals surface area contributed by atoms with E-state index in [-0.39, 0.29) is 22.9 Å². The molecule has 22 heavy (non-hydrogen) atoms. The predicted octanol–water partition coefficient (Wildman–Crippen LogP) is 4.51. The third kappa shape index (κ3) is 1.54. The number of aromatic amines is 1. The Balaban J connectivity index is 2.00. The first-order valence-corrected chi connectivity index (χ1v) is 8.32. The topological polar surface area (TPSA) is 36.0 Å². The zero-order valence-electron chi connectivity index (χ0n) is 13.7. The molecular formula is C20H25NO. The highest BCUT2D eigenvalue weighted by Gasteiger charge is 2.53. The van der Waals surface area contributed by atoms with E-state index >= 15 is 0 Å². The van der Waals surface area contributed by atoms with Gasteiger partial charge in [-0.15, -0.1) is 6.58 Å². The molecule has 116 valence electrons. The summed E-state index contributed by atoms with van der Waals surface area (Å²) in [4.78, 5) is 3.42. The van der Waals surface area contributed by atoms with Crippen LogP contribution in [0, 0.1) is 11.3 Å².